The zero-order chi connectivity index (χ0) is 17.8. The van der Waals surface area contributed by atoms with Gasteiger partial charge in [-0.3, -0.25) is 9.69 Å². The maximum atomic E-state index is 12.9. The Balaban J connectivity index is 1.34. The quantitative estimate of drug-likeness (QED) is 0.848. The summed E-state index contributed by atoms with van der Waals surface area (Å²) >= 11 is 0. The molecular formula is C21H27N3O2. The summed E-state index contributed by atoms with van der Waals surface area (Å²) in [6.45, 7) is 6.68. The number of likely N-dealkylation sites (tertiary alicyclic amines) is 1. The van der Waals surface area contributed by atoms with Crippen LogP contribution in [-0.4, -0.2) is 66.2 Å². The van der Waals surface area contributed by atoms with Gasteiger partial charge in [0.15, 0.2) is 0 Å². The number of aromatic nitrogens is 1. The lowest BCUT2D eigenvalue weighted by atomic mass is 9.95. The molecule has 0 radical (unpaired) electrons. The van der Waals surface area contributed by atoms with Gasteiger partial charge in [0.05, 0.1) is 13.2 Å². The molecule has 3 heterocycles. The topological polar surface area (TPSA) is 37.7 Å². The number of carbonyl (C=O) groups excluding carboxylic acids is 1. The monoisotopic (exact) mass is 353 g/mol. The maximum absolute atomic E-state index is 12.9. The average molecular weight is 353 g/mol. The van der Waals surface area contributed by atoms with Gasteiger partial charge in [0.2, 0.25) is 0 Å². The summed E-state index contributed by atoms with van der Waals surface area (Å²) in [6.07, 6.45) is 6.20. The van der Waals surface area contributed by atoms with Gasteiger partial charge in [-0.15, -0.1) is 0 Å². The summed E-state index contributed by atoms with van der Waals surface area (Å²) in [5, 5.41) is 0. The van der Waals surface area contributed by atoms with Crippen molar-refractivity contribution in [1.29, 1.82) is 0 Å². The van der Waals surface area contributed by atoms with Crippen LogP contribution < -0.4 is 0 Å². The van der Waals surface area contributed by atoms with Crippen molar-refractivity contribution in [3.63, 3.8) is 0 Å². The number of ether oxygens (including phenoxy) is 1. The molecule has 0 atom stereocenters. The SMILES string of the molecule is O=C(c1cccc(-n2cccc2)c1)N1CCC(CN2CCOCC2)CC1. The fourth-order valence-electron chi connectivity index (χ4n) is 3.96. The molecule has 2 saturated heterocycles. The van der Waals surface area contributed by atoms with Gasteiger partial charge in [-0.2, -0.15) is 0 Å². The lowest BCUT2D eigenvalue weighted by Crippen LogP contribution is -2.44. The molecule has 5 heteroatoms. The second-order valence-corrected chi connectivity index (χ2v) is 7.29. The molecule has 0 unspecified atom stereocenters. The Kier molecular flexibility index (Phi) is 5.37. The van der Waals surface area contributed by atoms with Crippen LogP contribution >= 0.6 is 0 Å². The summed E-state index contributed by atoms with van der Waals surface area (Å²) in [5.74, 6) is 0.854. The summed E-state index contributed by atoms with van der Waals surface area (Å²) in [6, 6.07) is 11.9. The van der Waals surface area contributed by atoms with Crippen LogP contribution in [0.2, 0.25) is 0 Å². The van der Waals surface area contributed by atoms with Gasteiger partial charge in [-0.05, 0) is 49.1 Å². The van der Waals surface area contributed by atoms with E-state index in [2.05, 4.69) is 4.90 Å². The van der Waals surface area contributed by atoms with Crippen LogP contribution in [0.15, 0.2) is 48.8 Å². The number of carbonyl (C=O) groups is 1. The van der Waals surface area contributed by atoms with Crippen molar-refractivity contribution < 1.29 is 9.53 Å². The number of piperidine rings is 1. The Morgan fingerprint density at radius 3 is 2.46 bits per heavy atom. The van der Waals surface area contributed by atoms with Crippen molar-refractivity contribution >= 4 is 5.91 Å². The molecule has 2 aliphatic rings. The van der Waals surface area contributed by atoms with Crippen molar-refractivity contribution in [3.8, 4) is 5.69 Å². The standard InChI is InChI=1S/C21H27N3O2/c25-21(19-4-3-5-20(16-19)23-8-1-2-9-23)24-10-6-18(7-11-24)17-22-12-14-26-15-13-22/h1-5,8-9,16,18H,6-7,10-15,17H2. The Bertz CT molecular complexity index is 715. The molecule has 2 fully saturated rings. The number of hydrogen-bond donors (Lipinski definition) is 0. The van der Waals surface area contributed by atoms with Crippen LogP contribution in [0.5, 0.6) is 0 Å². The van der Waals surface area contributed by atoms with E-state index in [4.69, 9.17) is 4.74 Å². The van der Waals surface area contributed by atoms with E-state index in [0.717, 1.165) is 70.0 Å². The lowest BCUT2D eigenvalue weighted by molar-refractivity contribution is 0.0243. The molecular weight excluding hydrogens is 326 g/mol. The van der Waals surface area contributed by atoms with Gasteiger partial charge >= 0.3 is 0 Å². The zero-order valence-electron chi connectivity index (χ0n) is 15.2. The number of nitrogens with zero attached hydrogens (tertiary/aromatic N) is 3. The van der Waals surface area contributed by atoms with E-state index in [1.807, 2.05) is 58.3 Å². The molecule has 0 saturated carbocycles. The third kappa shape index (κ3) is 4.00. The highest BCUT2D eigenvalue weighted by atomic mass is 16.5. The van der Waals surface area contributed by atoms with Crippen LogP contribution in [0.3, 0.4) is 0 Å². The first-order valence-electron chi connectivity index (χ1n) is 9.62. The molecule has 0 spiro atoms. The smallest absolute Gasteiger partial charge is 0.253 e. The highest BCUT2D eigenvalue weighted by molar-refractivity contribution is 5.94. The van der Waals surface area contributed by atoms with Crippen molar-refractivity contribution in [1.82, 2.24) is 14.4 Å². The van der Waals surface area contributed by atoms with E-state index >= 15 is 0 Å². The van der Waals surface area contributed by atoms with Crippen molar-refractivity contribution in [2.24, 2.45) is 5.92 Å². The third-order valence-corrected chi connectivity index (χ3v) is 5.52. The van der Waals surface area contributed by atoms with Gasteiger partial charge in [0.25, 0.3) is 5.91 Å². The normalized spacial score (nSPS) is 19.6. The lowest BCUT2D eigenvalue weighted by Gasteiger charge is -2.36. The minimum absolute atomic E-state index is 0.156. The van der Waals surface area contributed by atoms with E-state index in [9.17, 15) is 4.79 Å². The van der Waals surface area contributed by atoms with E-state index < -0.39 is 0 Å². The van der Waals surface area contributed by atoms with Crippen molar-refractivity contribution in [3.05, 3.63) is 54.4 Å². The van der Waals surface area contributed by atoms with Crippen LogP contribution in [0.4, 0.5) is 0 Å². The molecule has 138 valence electrons. The fourth-order valence-corrected chi connectivity index (χ4v) is 3.96. The molecule has 5 nitrogen and oxygen atoms in total. The number of amides is 1. The van der Waals surface area contributed by atoms with E-state index in [1.165, 1.54) is 0 Å². The second-order valence-electron chi connectivity index (χ2n) is 7.29. The molecule has 0 aliphatic carbocycles. The minimum atomic E-state index is 0.156. The molecule has 1 aromatic heterocycles. The van der Waals surface area contributed by atoms with Crippen LogP contribution in [-0.2, 0) is 4.74 Å². The Labute approximate surface area is 155 Å². The highest BCUT2D eigenvalue weighted by Gasteiger charge is 2.25. The molecule has 2 aromatic rings. The van der Waals surface area contributed by atoms with Gasteiger partial charge in [0, 0.05) is 56.4 Å². The molecule has 0 N–H and O–H groups in total. The average Bonchev–Trinajstić information content (AvgIpc) is 3.24. The largest absolute Gasteiger partial charge is 0.379 e. The summed E-state index contributed by atoms with van der Waals surface area (Å²) in [7, 11) is 0. The van der Waals surface area contributed by atoms with E-state index in [0.29, 0.717) is 5.92 Å². The fraction of sp³-hybridized carbons (Fsp3) is 0.476. The Morgan fingerprint density at radius 1 is 1.00 bits per heavy atom. The van der Waals surface area contributed by atoms with Crippen molar-refractivity contribution in [2.75, 3.05) is 45.9 Å². The van der Waals surface area contributed by atoms with E-state index in [1.54, 1.807) is 0 Å². The summed E-state index contributed by atoms with van der Waals surface area (Å²) in [5.41, 5.74) is 1.81. The first-order chi connectivity index (χ1) is 12.8. The predicted molar refractivity (Wildman–Crippen MR) is 102 cm³/mol. The van der Waals surface area contributed by atoms with E-state index in [-0.39, 0.29) is 5.91 Å². The molecule has 0 bridgehead atoms. The molecule has 1 aromatic carbocycles. The van der Waals surface area contributed by atoms with Gasteiger partial charge in [0.1, 0.15) is 0 Å². The number of benzene rings is 1. The van der Waals surface area contributed by atoms with Crippen LogP contribution in [0, 0.1) is 5.92 Å². The van der Waals surface area contributed by atoms with Gasteiger partial charge in [-0.25, -0.2) is 0 Å². The Hall–Kier alpha value is -2.11. The predicted octanol–water partition coefficient (Wildman–Crippen LogP) is 2.66. The van der Waals surface area contributed by atoms with Crippen molar-refractivity contribution in [2.45, 2.75) is 12.8 Å². The first kappa shape index (κ1) is 17.3. The highest BCUT2D eigenvalue weighted by Crippen LogP contribution is 2.21. The zero-order valence-corrected chi connectivity index (χ0v) is 15.2. The van der Waals surface area contributed by atoms with Gasteiger partial charge < -0.3 is 14.2 Å². The van der Waals surface area contributed by atoms with Crippen LogP contribution in [0.25, 0.3) is 5.69 Å². The Morgan fingerprint density at radius 2 is 1.73 bits per heavy atom. The van der Waals surface area contributed by atoms with Crippen LogP contribution in [0.1, 0.15) is 23.2 Å². The molecule has 4 rings (SSSR count). The van der Waals surface area contributed by atoms with Gasteiger partial charge in [-0.1, -0.05) is 6.07 Å². The molecule has 2 aliphatic heterocycles. The first-order valence-corrected chi connectivity index (χ1v) is 9.62. The summed E-state index contributed by atoms with van der Waals surface area (Å²) < 4.78 is 7.46. The number of morpholine rings is 1. The summed E-state index contributed by atoms with van der Waals surface area (Å²) in [4.78, 5) is 17.4. The number of rotatable bonds is 4. The number of hydrogen-bond acceptors (Lipinski definition) is 3. The third-order valence-electron chi connectivity index (χ3n) is 5.52. The second kappa shape index (κ2) is 8.06. The minimum Gasteiger partial charge on any atom is -0.379 e. The molecule has 1 amide bonds. The molecule has 26 heavy (non-hydrogen) atoms. The maximum Gasteiger partial charge on any atom is 0.253 e.